The lowest BCUT2D eigenvalue weighted by Gasteiger charge is -2.21. The van der Waals surface area contributed by atoms with Gasteiger partial charge < -0.3 is 19.7 Å². The molecule has 23 heavy (non-hydrogen) atoms. The monoisotopic (exact) mass is 327 g/mol. The van der Waals surface area contributed by atoms with Crippen LogP contribution in [0.25, 0.3) is 0 Å². The van der Waals surface area contributed by atoms with Crippen molar-refractivity contribution in [3.63, 3.8) is 0 Å². The average Bonchev–Trinajstić information content (AvgIpc) is 2.81. The van der Waals surface area contributed by atoms with Gasteiger partial charge in [-0.3, -0.25) is 4.79 Å². The van der Waals surface area contributed by atoms with E-state index in [0.717, 1.165) is 0 Å². The van der Waals surface area contributed by atoms with E-state index in [4.69, 9.17) is 14.4 Å². The average molecular weight is 327 g/mol. The number of aromatic nitrogens is 2. The summed E-state index contributed by atoms with van der Waals surface area (Å²) >= 11 is 0. The first-order valence-electron chi connectivity index (χ1n) is 7.62. The number of hydrogen-bond acceptors (Lipinski definition) is 6. The van der Waals surface area contributed by atoms with Crippen molar-refractivity contribution in [2.75, 3.05) is 6.61 Å². The van der Waals surface area contributed by atoms with Gasteiger partial charge in [0.05, 0.1) is 5.60 Å². The Bertz CT molecular complexity index is 521. The molecule has 0 radical (unpaired) electrons. The van der Waals surface area contributed by atoms with Crippen molar-refractivity contribution in [2.45, 2.75) is 65.0 Å². The molecule has 2 N–H and O–H groups in total. The van der Waals surface area contributed by atoms with Crippen molar-refractivity contribution in [3.8, 4) is 0 Å². The van der Waals surface area contributed by atoms with Gasteiger partial charge in [0.2, 0.25) is 11.8 Å². The molecule has 1 amide bonds. The van der Waals surface area contributed by atoms with Gasteiger partial charge in [-0.2, -0.15) is 4.98 Å². The number of hydrogen-bond donors (Lipinski definition) is 2. The molecule has 1 aromatic heterocycles. The molecule has 0 aliphatic carbocycles. The molecule has 8 heteroatoms. The van der Waals surface area contributed by atoms with Crippen LogP contribution >= 0.6 is 0 Å². The summed E-state index contributed by atoms with van der Waals surface area (Å²) in [5.41, 5.74) is -0.338. The Morgan fingerprint density at radius 2 is 2.09 bits per heavy atom. The summed E-state index contributed by atoms with van der Waals surface area (Å²) < 4.78 is 10.4. The van der Waals surface area contributed by atoms with Crippen LogP contribution in [0.5, 0.6) is 0 Å². The number of nitrogens with one attached hydrogen (secondary N) is 1. The lowest BCUT2D eigenvalue weighted by Crippen LogP contribution is -2.42. The number of ether oxygens (including phenoxy) is 1. The van der Waals surface area contributed by atoms with Gasteiger partial charge in [0.25, 0.3) is 0 Å². The highest BCUT2D eigenvalue weighted by Crippen LogP contribution is 2.08. The van der Waals surface area contributed by atoms with Crippen molar-refractivity contribution >= 4 is 11.9 Å². The van der Waals surface area contributed by atoms with E-state index in [-0.39, 0.29) is 31.0 Å². The first kappa shape index (κ1) is 19.1. The van der Waals surface area contributed by atoms with E-state index in [1.165, 1.54) is 0 Å². The first-order chi connectivity index (χ1) is 10.7. The predicted molar refractivity (Wildman–Crippen MR) is 81.9 cm³/mol. The van der Waals surface area contributed by atoms with Crippen LogP contribution in [0.3, 0.4) is 0 Å². The fourth-order valence-corrected chi connectivity index (χ4v) is 1.85. The molecule has 1 heterocycles. The molecule has 130 valence electrons. The third-order valence-electron chi connectivity index (χ3n) is 2.94. The molecular weight excluding hydrogens is 302 g/mol. The van der Waals surface area contributed by atoms with E-state index in [9.17, 15) is 9.59 Å². The highest BCUT2D eigenvalue weighted by molar-refractivity contribution is 5.83. The summed E-state index contributed by atoms with van der Waals surface area (Å²) in [5.74, 6) is -0.356. The molecule has 0 saturated carbocycles. The van der Waals surface area contributed by atoms with Crippen LogP contribution in [0.2, 0.25) is 0 Å². The zero-order chi connectivity index (χ0) is 17.5. The van der Waals surface area contributed by atoms with E-state index in [0.29, 0.717) is 24.6 Å². The summed E-state index contributed by atoms with van der Waals surface area (Å²) in [4.78, 5) is 27.1. The van der Waals surface area contributed by atoms with E-state index in [1.807, 2.05) is 20.8 Å². The second kappa shape index (κ2) is 8.61. The van der Waals surface area contributed by atoms with Crippen LogP contribution in [-0.4, -0.2) is 45.4 Å². The Balaban J connectivity index is 2.31. The Hall–Kier alpha value is -1.96. The standard InChI is InChI=1S/C15H25N3O5/c1-10-16-13(23-18-10)7-5-6-12(19)17-11(14(20)21)8-9-22-15(2,3)4/h11H,5-9H2,1-4H3,(H,17,19)(H,20,21). The molecule has 0 aliphatic heterocycles. The maximum Gasteiger partial charge on any atom is 0.326 e. The van der Waals surface area contributed by atoms with Crippen molar-refractivity contribution in [2.24, 2.45) is 0 Å². The van der Waals surface area contributed by atoms with Gasteiger partial charge >= 0.3 is 5.97 Å². The van der Waals surface area contributed by atoms with Crippen molar-refractivity contribution in [1.29, 1.82) is 0 Å². The molecule has 0 saturated heterocycles. The van der Waals surface area contributed by atoms with E-state index >= 15 is 0 Å². The fraction of sp³-hybridized carbons (Fsp3) is 0.733. The molecular formula is C15H25N3O5. The minimum atomic E-state index is -1.07. The van der Waals surface area contributed by atoms with Gasteiger partial charge in [0, 0.05) is 25.9 Å². The van der Waals surface area contributed by atoms with Gasteiger partial charge in [0.15, 0.2) is 5.82 Å². The SMILES string of the molecule is Cc1noc(CCCC(=O)NC(CCOC(C)(C)C)C(=O)O)n1. The highest BCUT2D eigenvalue weighted by atomic mass is 16.5. The quantitative estimate of drug-likeness (QED) is 0.706. The van der Waals surface area contributed by atoms with E-state index in [2.05, 4.69) is 15.5 Å². The van der Waals surface area contributed by atoms with Crippen LogP contribution in [0.15, 0.2) is 4.52 Å². The van der Waals surface area contributed by atoms with Gasteiger partial charge in [-0.05, 0) is 34.1 Å². The maximum absolute atomic E-state index is 11.8. The Morgan fingerprint density at radius 1 is 1.39 bits per heavy atom. The topological polar surface area (TPSA) is 115 Å². The van der Waals surface area contributed by atoms with E-state index < -0.39 is 12.0 Å². The smallest absolute Gasteiger partial charge is 0.326 e. The summed E-state index contributed by atoms with van der Waals surface area (Å²) in [6.45, 7) is 7.65. The van der Waals surface area contributed by atoms with Gasteiger partial charge in [-0.1, -0.05) is 5.16 Å². The van der Waals surface area contributed by atoms with Gasteiger partial charge in [-0.15, -0.1) is 0 Å². The molecule has 0 spiro atoms. The largest absolute Gasteiger partial charge is 0.480 e. The number of carboxylic acids is 1. The van der Waals surface area contributed by atoms with Crippen LogP contribution in [0, 0.1) is 6.92 Å². The fourth-order valence-electron chi connectivity index (χ4n) is 1.85. The second-order valence-corrected chi connectivity index (χ2v) is 6.30. The predicted octanol–water partition coefficient (Wildman–Crippen LogP) is 1.48. The molecule has 1 unspecified atom stereocenters. The van der Waals surface area contributed by atoms with Crippen molar-refractivity contribution < 1.29 is 24.0 Å². The summed E-state index contributed by atoms with van der Waals surface area (Å²) in [7, 11) is 0. The summed E-state index contributed by atoms with van der Waals surface area (Å²) in [5, 5.41) is 15.3. The van der Waals surface area contributed by atoms with Crippen molar-refractivity contribution in [3.05, 3.63) is 11.7 Å². The molecule has 0 aliphatic rings. The van der Waals surface area contributed by atoms with Gasteiger partial charge in [0.1, 0.15) is 6.04 Å². The van der Waals surface area contributed by atoms with Gasteiger partial charge in [-0.25, -0.2) is 4.79 Å². The Morgan fingerprint density at radius 3 is 2.61 bits per heavy atom. The second-order valence-electron chi connectivity index (χ2n) is 6.30. The lowest BCUT2D eigenvalue weighted by atomic mass is 10.1. The highest BCUT2D eigenvalue weighted by Gasteiger charge is 2.21. The minimum absolute atomic E-state index is 0.200. The molecule has 1 rings (SSSR count). The number of rotatable bonds is 9. The number of carboxylic acid groups (broad SMARTS) is 1. The number of nitrogens with zero attached hydrogens (tertiary/aromatic N) is 2. The number of amides is 1. The molecule has 0 fully saturated rings. The molecule has 0 bridgehead atoms. The normalized spacial score (nSPS) is 12.9. The summed E-state index contributed by atoms with van der Waals surface area (Å²) in [6, 6.07) is -0.949. The Labute approximate surface area is 135 Å². The number of carbonyl (C=O) groups is 2. The maximum atomic E-state index is 11.8. The number of aryl methyl sites for hydroxylation is 2. The molecule has 1 aromatic rings. The Kier molecular flexibility index (Phi) is 7.15. The van der Waals surface area contributed by atoms with Crippen molar-refractivity contribution in [1.82, 2.24) is 15.5 Å². The van der Waals surface area contributed by atoms with Crippen LogP contribution < -0.4 is 5.32 Å². The molecule has 0 aromatic carbocycles. The molecule has 1 atom stereocenters. The lowest BCUT2D eigenvalue weighted by molar-refractivity contribution is -0.142. The number of aliphatic carboxylic acids is 1. The summed E-state index contributed by atoms with van der Waals surface area (Å²) in [6.07, 6.45) is 1.42. The zero-order valence-corrected chi connectivity index (χ0v) is 14.1. The minimum Gasteiger partial charge on any atom is -0.480 e. The first-order valence-corrected chi connectivity index (χ1v) is 7.62. The van der Waals surface area contributed by atoms with Crippen LogP contribution in [0.1, 0.15) is 51.7 Å². The van der Waals surface area contributed by atoms with E-state index in [1.54, 1.807) is 6.92 Å². The third kappa shape index (κ3) is 8.29. The van der Waals surface area contributed by atoms with Crippen LogP contribution in [-0.2, 0) is 20.7 Å². The zero-order valence-electron chi connectivity index (χ0n) is 14.1. The number of carbonyl (C=O) groups excluding carboxylic acids is 1. The van der Waals surface area contributed by atoms with Crippen LogP contribution in [0.4, 0.5) is 0 Å². The third-order valence-corrected chi connectivity index (χ3v) is 2.94. The molecule has 8 nitrogen and oxygen atoms in total.